The Morgan fingerprint density at radius 2 is 1.77 bits per heavy atom. The Labute approximate surface area is 202 Å². The minimum Gasteiger partial charge on any atom is -0.491 e. The van der Waals surface area contributed by atoms with Gasteiger partial charge in [-0.1, -0.05) is 24.3 Å². The summed E-state index contributed by atoms with van der Waals surface area (Å²) in [6, 6.07) is 15.9. The second-order valence-electron chi connectivity index (χ2n) is 7.85. The van der Waals surface area contributed by atoms with Gasteiger partial charge in [0, 0.05) is 18.8 Å². The summed E-state index contributed by atoms with van der Waals surface area (Å²) in [5.41, 5.74) is 3.24. The van der Waals surface area contributed by atoms with E-state index in [2.05, 4.69) is 29.7 Å². The maximum Gasteiger partial charge on any atom is 0.241 e. The zero-order valence-electron chi connectivity index (χ0n) is 18.6. The average Bonchev–Trinajstić information content (AvgIpc) is 3.27. The van der Waals surface area contributed by atoms with E-state index in [0.717, 1.165) is 42.9 Å². The van der Waals surface area contributed by atoms with Crippen molar-refractivity contribution in [3.05, 3.63) is 59.7 Å². The van der Waals surface area contributed by atoms with Crippen LogP contribution in [0.2, 0.25) is 0 Å². The Bertz CT molecular complexity index is 862. The van der Waals surface area contributed by atoms with Gasteiger partial charge in [-0.3, -0.25) is 4.79 Å². The molecule has 1 aliphatic heterocycles. The van der Waals surface area contributed by atoms with Crippen molar-refractivity contribution >= 4 is 41.5 Å². The number of carbonyl (C=O) groups excluding carboxylic acids is 1. The minimum absolute atomic E-state index is 0. The molecule has 1 fully saturated rings. The molecule has 0 radical (unpaired) electrons. The monoisotopic (exact) mass is 536 g/mol. The van der Waals surface area contributed by atoms with E-state index >= 15 is 0 Å². The van der Waals surface area contributed by atoms with Crippen LogP contribution in [0.25, 0.3) is 0 Å². The van der Waals surface area contributed by atoms with Crippen molar-refractivity contribution in [2.24, 2.45) is 4.99 Å². The number of likely N-dealkylation sites (tertiary alicyclic amines) is 1. The number of carbonyl (C=O) groups is 1. The number of nitrogens with zero attached hydrogens (tertiary/aromatic N) is 2. The number of rotatable bonds is 7. The minimum atomic E-state index is 0. The SMILES string of the molecule is Cc1ccccc1CN=C(NCC(=O)N1CCCC1)Nc1ccc(OC(C)C)cc1.I. The van der Waals surface area contributed by atoms with Crippen LogP contribution in [-0.2, 0) is 11.3 Å². The summed E-state index contributed by atoms with van der Waals surface area (Å²) >= 11 is 0. The molecule has 0 unspecified atom stereocenters. The largest absolute Gasteiger partial charge is 0.491 e. The highest BCUT2D eigenvalue weighted by Crippen LogP contribution is 2.17. The average molecular weight is 536 g/mol. The molecule has 0 spiro atoms. The van der Waals surface area contributed by atoms with Gasteiger partial charge in [-0.2, -0.15) is 0 Å². The normalized spacial score (nSPS) is 13.7. The van der Waals surface area contributed by atoms with Gasteiger partial charge in [-0.25, -0.2) is 4.99 Å². The number of aryl methyl sites for hydroxylation is 1. The van der Waals surface area contributed by atoms with Crippen LogP contribution in [0, 0.1) is 6.92 Å². The molecule has 31 heavy (non-hydrogen) atoms. The van der Waals surface area contributed by atoms with Crippen LogP contribution in [0.15, 0.2) is 53.5 Å². The first-order valence-corrected chi connectivity index (χ1v) is 10.7. The second-order valence-corrected chi connectivity index (χ2v) is 7.85. The zero-order chi connectivity index (χ0) is 21.3. The molecular formula is C24H33IN4O2. The van der Waals surface area contributed by atoms with E-state index in [4.69, 9.17) is 9.73 Å². The third kappa shape index (κ3) is 8.05. The van der Waals surface area contributed by atoms with Gasteiger partial charge in [-0.05, 0) is 69.0 Å². The van der Waals surface area contributed by atoms with Crippen LogP contribution >= 0.6 is 24.0 Å². The maximum atomic E-state index is 12.4. The number of nitrogens with one attached hydrogen (secondary N) is 2. The lowest BCUT2D eigenvalue weighted by molar-refractivity contribution is -0.128. The van der Waals surface area contributed by atoms with E-state index in [0.29, 0.717) is 12.5 Å². The Kier molecular flexibility index (Phi) is 10.1. The van der Waals surface area contributed by atoms with E-state index < -0.39 is 0 Å². The van der Waals surface area contributed by atoms with Gasteiger partial charge in [0.25, 0.3) is 0 Å². The zero-order valence-corrected chi connectivity index (χ0v) is 20.9. The Balaban J connectivity index is 0.00000341. The van der Waals surface area contributed by atoms with Crippen molar-refractivity contribution < 1.29 is 9.53 Å². The van der Waals surface area contributed by atoms with E-state index in [-0.39, 0.29) is 42.5 Å². The smallest absolute Gasteiger partial charge is 0.241 e. The first kappa shape index (κ1) is 25.0. The van der Waals surface area contributed by atoms with E-state index in [1.807, 2.05) is 55.1 Å². The summed E-state index contributed by atoms with van der Waals surface area (Å²) in [5.74, 6) is 1.52. The number of aliphatic imine (C=N–C) groups is 1. The molecule has 0 saturated carbocycles. The van der Waals surface area contributed by atoms with Crippen LogP contribution in [0.3, 0.4) is 0 Å². The van der Waals surface area contributed by atoms with Crippen molar-refractivity contribution in [3.8, 4) is 5.75 Å². The number of hydrogen-bond acceptors (Lipinski definition) is 3. The summed E-state index contributed by atoms with van der Waals surface area (Å²) in [5, 5.41) is 6.51. The fourth-order valence-corrected chi connectivity index (χ4v) is 3.35. The predicted molar refractivity (Wildman–Crippen MR) is 137 cm³/mol. The number of halogens is 1. The van der Waals surface area contributed by atoms with Gasteiger partial charge in [0.1, 0.15) is 5.75 Å². The number of anilines is 1. The van der Waals surface area contributed by atoms with Crippen LogP contribution in [0.4, 0.5) is 5.69 Å². The molecule has 0 aromatic heterocycles. The maximum absolute atomic E-state index is 12.4. The van der Waals surface area contributed by atoms with Crippen molar-refractivity contribution in [2.75, 3.05) is 25.0 Å². The number of ether oxygens (including phenoxy) is 1. The second kappa shape index (κ2) is 12.5. The van der Waals surface area contributed by atoms with E-state index in [9.17, 15) is 4.79 Å². The lowest BCUT2D eigenvalue weighted by Gasteiger charge is -2.18. The number of hydrogen-bond donors (Lipinski definition) is 2. The summed E-state index contributed by atoms with van der Waals surface area (Å²) < 4.78 is 5.70. The summed E-state index contributed by atoms with van der Waals surface area (Å²) in [4.78, 5) is 19.1. The fourth-order valence-electron chi connectivity index (χ4n) is 3.35. The van der Waals surface area contributed by atoms with Crippen molar-refractivity contribution in [3.63, 3.8) is 0 Å². The van der Waals surface area contributed by atoms with Gasteiger partial charge in [0.05, 0.1) is 19.2 Å². The lowest BCUT2D eigenvalue weighted by Crippen LogP contribution is -2.41. The van der Waals surface area contributed by atoms with Crippen molar-refractivity contribution in [1.82, 2.24) is 10.2 Å². The molecule has 1 heterocycles. The Morgan fingerprint density at radius 3 is 2.42 bits per heavy atom. The third-order valence-electron chi connectivity index (χ3n) is 5.02. The highest BCUT2D eigenvalue weighted by atomic mass is 127. The quantitative estimate of drug-likeness (QED) is 0.309. The first-order chi connectivity index (χ1) is 14.5. The number of amides is 1. The third-order valence-corrected chi connectivity index (χ3v) is 5.02. The molecule has 1 saturated heterocycles. The Morgan fingerprint density at radius 1 is 1.10 bits per heavy atom. The van der Waals surface area contributed by atoms with Gasteiger partial charge >= 0.3 is 0 Å². The van der Waals surface area contributed by atoms with Gasteiger partial charge in [0.2, 0.25) is 5.91 Å². The lowest BCUT2D eigenvalue weighted by atomic mass is 10.1. The molecule has 6 nitrogen and oxygen atoms in total. The molecular weight excluding hydrogens is 503 g/mol. The number of benzene rings is 2. The van der Waals surface area contributed by atoms with Gasteiger partial charge in [-0.15, -0.1) is 24.0 Å². The molecule has 1 amide bonds. The van der Waals surface area contributed by atoms with Gasteiger partial charge < -0.3 is 20.3 Å². The molecule has 168 valence electrons. The van der Waals surface area contributed by atoms with Crippen LogP contribution in [0.1, 0.15) is 37.8 Å². The molecule has 2 aromatic carbocycles. The molecule has 3 rings (SSSR count). The van der Waals surface area contributed by atoms with Crippen molar-refractivity contribution in [1.29, 1.82) is 0 Å². The van der Waals surface area contributed by atoms with Crippen LogP contribution in [-0.4, -0.2) is 42.5 Å². The molecule has 1 aliphatic rings. The highest BCUT2D eigenvalue weighted by Gasteiger charge is 2.17. The molecule has 2 N–H and O–H groups in total. The highest BCUT2D eigenvalue weighted by molar-refractivity contribution is 14.0. The van der Waals surface area contributed by atoms with E-state index in [1.165, 1.54) is 5.56 Å². The number of guanidine groups is 1. The van der Waals surface area contributed by atoms with Crippen molar-refractivity contribution in [2.45, 2.75) is 46.3 Å². The molecule has 2 aromatic rings. The van der Waals surface area contributed by atoms with Gasteiger partial charge in [0.15, 0.2) is 5.96 Å². The van der Waals surface area contributed by atoms with Crippen LogP contribution in [0.5, 0.6) is 5.75 Å². The summed E-state index contributed by atoms with van der Waals surface area (Å²) in [7, 11) is 0. The first-order valence-electron chi connectivity index (χ1n) is 10.7. The Hall–Kier alpha value is -2.29. The fraction of sp³-hybridized carbons (Fsp3) is 0.417. The summed E-state index contributed by atoms with van der Waals surface area (Å²) in [6.45, 7) is 8.55. The van der Waals surface area contributed by atoms with E-state index in [1.54, 1.807) is 0 Å². The molecule has 0 atom stereocenters. The predicted octanol–water partition coefficient (Wildman–Crippen LogP) is 4.58. The standard InChI is InChI=1S/C24H32N4O2.HI/c1-18(2)30-22-12-10-21(11-13-22)27-24(25-16-20-9-5-4-8-19(20)3)26-17-23(29)28-14-6-7-15-28;/h4-5,8-13,18H,6-7,14-17H2,1-3H3,(H2,25,26,27);1H. The molecule has 0 aliphatic carbocycles. The molecule has 0 bridgehead atoms. The molecule has 7 heteroatoms. The summed E-state index contributed by atoms with van der Waals surface area (Å²) in [6.07, 6.45) is 2.31. The topological polar surface area (TPSA) is 66.0 Å². The van der Waals surface area contributed by atoms with Crippen LogP contribution < -0.4 is 15.4 Å².